The molecule has 0 aliphatic rings. The summed E-state index contributed by atoms with van der Waals surface area (Å²) < 4.78 is 5.30. The van der Waals surface area contributed by atoms with Gasteiger partial charge in [-0.05, 0) is 6.07 Å². The fraction of sp³-hybridized carbons (Fsp3) is 0.222. The number of fused-ring (bicyclic) bond motifs is 1. The fourth-order valence-corrected chi connectivity index (χ4v) is 1.28. The predicted octanol–water partition coefficient (Wildman–Crippen LogP) is 0.779. The normalized spacial score (nSPS) is 10.9. The van der Waals surface area contributed by atoms with Crippen LogP contribution in [-0.4, -0.2) is 10.1 Å². The number of hydrogen-bond donors (Lipinski definition) is 2. The van der Waals surface area contributed by atoms with E-state index >= 15 is 0 Å². The van der Waals surface area contributed by atoms with Gasteiger partial charge in [-0.2, -0.15) is 0 Å². The van der Waals surface area contributed by atoms with Gasteiger partial charge in [-0.15, -0.1) is 0 Å². The first-order chi connectivity index (χ1) is 6.35. The van der Waals surface area contributed by atoms with Crippen LogP contribution in [0.15, 0.2) is 22.6 Å². The largest absolute Gasteiger partial charge is 0.438 e. The standard InChI is InChI=1S/C9H10N2O2/c10-4-6-2-1-3-7-9(6)13-8(5-12)11-7/h1-3,12H,4-5,10H2. The van der Waals surface area contributed by atoms with Crippen LogP contribution in [0, 0.1) is 0 Å². The van der Waals surface area contributed by atoms with Gasteiger partial charge in [-0.3, -0.25) is 0 Å². The Bertz CT molecular complexity index is 422. The number of aromatic nitrogens is 1. The van der Waals surface area contributed by atoms with Gasteiger partial charge < -0.3 is 15.3 Å². The van der Waals surface area contributed by atoms with Crippen LogP contribution in [0.2, 0.25) is 0 Å². The highest BCUT2D eigenvalue weighted by atomic mass is 16.4. The van der Waals surface area contributed by atoms with Crippen molar-refractivity contribution in [2.24, 2.45) is 5.73 Å². The van der Waals surface area contributed by atoms with Gasteiger partial charge >= 0.3 is 0 Å². The lowest BCUT2D eigenvalue weighted by Crippen LogP contribution is -1.95. The number of aliphatic hydroxyl groups excluding tert-OH is 1. The highest BCUT2D eigenvalue weighted by Gasteiger charge is 2.07. The van der Waals surface area contributed by atoms with Crippen molar-refractivity contribution in [2.45, 2.75) is 13.2 Å². The molecule has 2 aromatic rings. The third kappa shape index (κ3) is 1.30. The molecule has 0 radical (unpaired) electrons. The van der Waals surface area contributed by atoms with E-state index in [1.807, 2.05) is 18.2 Å². The number of aliphatic hydroxyl groups is 1. The van der Waals surface area contributed by atoms with Crippen LogP contribution < -0.4 is 5.73 Å². The molecule has 0 bridgehead atoms. The summed E-state index contributed by atoms with van der Waals surface area (Å²) in [7, 11) is 0. The maximum Gasteiger partial charge on any atom is 0.221 e. The van der Waals surface area contributed by atoms with Gasteiger partial charge in [0.15, 0.2) is 5.58 Å². The van der Waals surface area contributed by atoms with E-state index in [1.165, 1.54) is 0 Å². The molecule has 0 saturated carbocycles. The average molecular weight is 178 g/mol. The molecule has 3 N–H and O–H groups in total. The molecule has 0 unspecified atom stereocenters. The third-order valence-electron chi connectivity index (χ3n) is 1.90. The second kappa shape index (κ2) is 3.16. The third-order valence-corrected chi connectivity index (χ3v) is 1.90. The Morgan fingerprint density at radius 3 is 3.00 bits per heavy atom. The van der Waals surface area contributed by atoms with Crippen LogP contribution in [0.1, 0.15) is 11.5 Å². The van der Waals surface area contributed by atoms with Crippen LogP contribution in [0.3, 0.4) is 0 Å². The molecule has 1 aromatic carbocycles. The van der Waals surface area contributed by atoms with Crippen LogP contribution >= 0.6 is 0 Å². The van der Waals surface area contributed by atoms with Crippen LogP contribution in [0.5, 0.6) is 0 Å². The summed E-state index contributed by atoms with van der Waals surface area (Å²) in [5.74, 6) is 0.330. The van der Waals surface area contributed by atoms with E-state index in [0.29, 0.717) is 18.0 Å². The van der Waals surface area contributed by atoms with Gasteiger partial charge in [-0.25, -0.2) is 4.98 Å². The molecule has 4 heteroatoms. The SMILES string of the molecule is NCc1cccc2nc(CO)oc12. The van der Waals surface area contributed by atoms with Gasteiger partial charge in [0.1, 0.15) is 12.1 Å². The van der Waals surface area contributed by atoms with E-state index < -0.39 is 0 Å². The number of hydrogen-bond acceptors (Lipinski definition) is 4. The van der Waals surface area contributed by atoms with E-state index in [1.54, 1.807) is 0 Å². The molecule has 1 aromatic heterocycles. The molecular formula is C9H10N2O2. The van der Waals surface area contributed by atoms with Gasteiger partial charge in [0, 0.05) is 12.1 Å². The zero-order chi connectivity index (χ0) is 9.26. The molecule has 0 aliphatic heterocycles. The maximum absolute atomic E-state index is 8.81. The van der Waals surface area contributed by atoms with Crippen molar-refractivity contribution in [3.05, 3.63) is 29.7 Å². The van der Waals surface area contributed by atoms with Crippen molar-refractivity contribution >= 4 is 11.1 Å². The minimum absolute atomic E-state index is 0.182. The van der Waals surface area contributed by atoms with Gasteiger partial charge in [0.25, 0.3) is 0 Å². The summed E-state index contributed by atoms with van der Waals surface area (Å²) in [5.41, 5.74) is 7.84. The second-order valence-corrected chi connectivity index (χ2v) is 2.74. The lowest BCUT2D eigenvalue weighted by Gasteiger charge is -1.94. The van der Waals surface area contributed by atoms with Gasteiger partial charge in [-0.1, -0.05) is 12.1 Å². The molecular weight excluding hydrogens is 168 g/mol. The zero-order valence-corrected chi connectivity index (χ0v) is 7.03. The van der Waals surface area contributed by atoms with Crippen LogP contribution in [0.4, 0.5) is 0 Å². The predicted molar refractivity (Wildman–Crippen MR) is 47.8 cm³/mol. The molecule has 4 nitrogen and oxygen atoms in total. The van der Waals surface area contributed by atoms with Gasteiger partial charge in [0.05, 0.1) is 0 Å². The first-order valence-electron chi connectivity index (χ1n) is 4.03. The number of benzene rings is 1. The smallest absolute Gasteiger partial charge is 0.221 e. The zero-order valence-electron chi connectivity index (χ0n) is 7.03. The summed E-state index contributed by atoms with van der Waals surface area (Å²) in [5, 5.41) is 8.81. The highest BCUT2D eigenvalue weighted by Crippen LogP contribution is 2.19. The maximum atomic E-state index is 8.81. The van der Waals surface area contributed by atoms with Crippen molar-refractivity contribution in [1.29, 1.82) is 0 Å². The molecule has 2 rings (SSSR count). The molecule has 0 atom stereocenters. The van der Waals surface area contributed by atoms with Crippen molar-refractivity contribution < 1.29 is 9.52 Å². The van der Waals surface area contributed by atoms with Crippen LogP contribution in [-0.2, 0) is 13.2 Å². The molecule has 0 spiro atoms. The summed E-state index contributed by atoms with van der Waals surface area (Å²) in [6.45, 7) is 0.232. The Balaban J connectivity index is 2.67. The number of nitrogens with zero attached hydrogens (tertiary/aromatic N) is 1. The molecule has 0 fully saturated rings. The quantitative estimate of drug-likeness (QED) is 0.712. The van der Waals surface area contributed by atoms with E-state index in [0.717, 1.165) is 11.1 Å². The Morgan fingerprint density at radius 2 is 2.31 bits per heavy atom. The topological polar surface area (TPSA) is 72.3 Å². The van der Waals surface area contributed by atoms with Gasteiger partial charge in [0.2, 0.25) is 5.89 Å². The summed E-state index contributed by atoms with van der Waals surface area (Å²) >= 11 is 0. The minimum atomic E-state index is -0.182. The molecule has 13 heavy (non-hydrogen) atoms. The first-order valence-corrected chi connectivity index (χ1v) is 4.03. The Kier molecular flexibility index (Phi) is 2.00. The van der Waals surface area contributed by atoms with Crippen molar-refractivity contribution in [1.82, 2.24) is 4.98 Å². The van der Waals surface area contributed by atoms with E-state index in [-0.39, 0.29) is 6.61 Å². The molecule has 1 heterocycles. The average Bonchev–Trinajstić information content (AvgIpc) is 2.59. The van der Waals surface area contributed by atoms with E-state index in [4.69, 9.17) is 15.3 Å². The van der Waals surface area contributed by atoms with Crippen molar-refractivity contribution in [3.8, 4) is 0 Å². The summed E-state index contributed by atoms with van der Waals surface area (Å²) in [6.07, 6.45) is 0. The van der Waals surface area contributed by atoms with Crippen molar-refractivity contribution in [2.75, 3.05) is 0 Å². The molecule has 0 amide bonds. The lowest BCUT2D eigenvalue weighted by molar-refractivity contribution is 0.243. The summed E-state index contributed by atoms with van der Waals surface area (Å²) in [4.78, 5) is 4.07. The Labute approximate surface area is 75.0 Å². The number of rotatable bonds is 2. The Hall–Kier alpha value is -1.39. The van der Waals surface area contributed by atoms with E-state index in [2.05, 4.69) is 4.98 Å². The molecule has 0 saturated heterocycles. The lowest BCUT2D eigenvalue weighted by atomic mass is 10.2. The Morgan fingerprint density at radius 1 is 1.46 bits per heavy atom. The van der Waals surface area contributed by atoms with Crippen molar-refractivity contribution in [3.63, 3.8) is 0 Å². The summed E-state index contributed by atoms with van der Waals surface area (Å²) in [6, 6.07) is 5.58. The first kappa shape index (κ1) is 8.22. The second-order valence-electron chi connectivity index (χ2n) is 2.74. The monoisotopic (exact) mass is 178 g/mol. The number of nitrogens with two attached hydrogens (primary N) is 1. The van der Waals surface area contributed by atoms with E-state index in [9.17, 15) is 0 Å². The fourth-order valence-electron chi connectivity index (χ4n) is 1.28. The van der Waals surface area contributed by atoms with Crippen LogP contribution in [0.25, 0.3) is 11.1 Å². The minimum Gasteiger partial charge on any atom is -0.438 e. The molecule has 68 valence electrons. The molecule has 0 aliphatic carbocycles. The number of oxazole rings is 1. The number of para-hydroxylation sites is 1. The highest BCUT2D eigenvalue weighted by molar-refractivity contribution is 5.76.